The van der Waals surface area contributed by atoms with Gasteiger partial charge < -0.3 is 19.7 Å². The predicted molar refractivity (Wildman–Crippen MR) is 79.0 cm³/mol. The Labute approximate surface area is 172 Å². The summed E-state index contributed by atoms with van der Waals surface area (Å²) >= 11 is 0. The Kier molecular flexibility index (Phi) is 9.71. The first kappa shape index (κ1) is 30.9. The number of alkyl halides is 13. The zero-order valence-corrected chi connectivity index (χ0v) is 16.2. The van der Waals surface area contributed by atoms with Crippen molar-refractivity contribution in [1.82, 2.24) is 0 Å². The van der Waals surface area contributed by atoms with E-state index in [-0.39, 0.29) is 0 Å². The second kappa shape index (κ2) is 10.0. The van der Waals surface area contributed by atoms with Crippen LogP contribution in [0.1, 0.15) is 20.3 Å². The van der Waals surface area contributed by atoms with Crippen molar-refractivity contribution in [2.24, 2.45) is 5.92 Å². The third-order valence-corrected chi connectivity index (χ3v) is 4.22. The topological polar surface area (TPSA) is 58.9 Å². The molecule has 2 N–H and O–H groups in total. The van der Waals surface area contributed by atoms with Crippen LogP contribution in [0.3, 0.4) is 0 Å². The molecule has 0 aliphatic rings. The van der Waals surface area contributed by atoms with Crippen LogP contribution in [0.25, 0.3) is 0 Å². The molecule has 194 valence electrons. The van der Waals surface area contributed by atoms with Crippen molar-refractivity contribution >= 4 is 0 Å². The van der Waals surface area contributed by atoms with E-state index in [0.717, 1.165) is 0 Å². The summed E-state index contributed by atoms with van der Waals surface area (Å²) < 4.78 is 182. The second-order valence-corrected chi connectivity index (χ2v) is 6.31. The fourth-order valence-electron chi connectivity index (χ4n) is 2.48. The summed E-state index contributed by atoms with van der Waals surface area (Å²) in [6.07, 6.45) is -14.6. The Hall–Kier alpha value is -1.07. The van der Waals surface area contributed by atoms with Gasteiger partial charge in [-0.05, 0) is 20.3 Å². The van der Waals surface area contributed by atoms with Gasteiger partial charge in [-0.25, -0.2) is 0 Å². The van der Waals surface area contributed by atoms with Gasteiger partial charge >= 0.3 is 35.8 Å². The zero-order chi connectivity index (χ0) is 26.0. The summed E-state index contributed by atoms with van der Waals surface area (Å²) in [5.41, 5.74) is 0. The fraction of sp³-hybridized carbons (Fsp3) is 1.00. The number of aliphatic hydroxyl groups is 2. The average Bonchev–Trinajstić information content (AvgIpc) is 2.63. The number of rotatable bonds is 13. The monoisotopic (exact) mass is 510 g/mol. The van der Waals surface area contributed by atoms with Crippen LogP contribution in [0.5, 0.6) is 0 Å². The van der Waals surface area contributed by atoms with E-state index in [4.69, 9.17) is 5.11 Å². The van der Waals surface area contributed by atoms with Crippen LogP contribution in [0.4, 0.5) is 57.1 Å². The Bertz CT molecular complexity index is 588. The molecule has 0 saturated heterocycles. The highest BCUT2D eigenvalue weighted by Gasteiger charge is 2.91. The lowest BCUT2D eigenvalue weighted by Gasteiger charge is -2.43. The normalized spacial score (nSPS) is 17.1. The summed E-state index contributed by atoms with van der Waals surface area (Å²) in [5.74, 6) is -41.7. The molecule has 0 bridgehead atoms. The smallest absolute Gasteiger partial charge is 0.396 e. The van der Waals surface area contributed by atoms with Gasteiger partial charge in [-0.3, -0.25) is 0 Å². The molecule has 0 aromatic heterocycles. The second-order valence-electron chi connectivity index (χ2n) is 6.31. The van der Waals surface area contributed by atoms with Crippen molar-refractivity contribution in [2.75, 3.05) is 19.8 Å². The quantitative estimate of drug-likeness (QED) is 0.284. The molecule has 0 fully saturated rings. The maximum atomic E-state index is 14.4. The predicted octanol–water partition coefficient (Wildman–Crippen LogP) is 4.48. The van der Waals surface area contributed by atoms with Crippen molar-refractivity contribution in [1.29, 1.82) is 0 Å². The Morgan fingerprint density at radius 1 is 0.656 bits per heavy atom. The number of halogens is 13. The highest BCUT2D eigenvalue weighted by Crippen LogP contribution is 2.61. The average molecular weight is 510 g/mol. The minimum atomic E-state index is -8.06. The summed E-state index contributed by atoms with van der Waals surface area (Å²) in [5, 5.41) is 18.7. The van der Waals surface area contributed by atoms with E-state index in [9.17, 15) is 62.2 Å². The zero-order valence-electron chi connectivity index (χ0n) is 16.2. The molecule has 0 amide bonds. The molecular formula is C15H19F13O4. The number of hydrogen-bond donors (Lipinski definition) is 2. The molecule has 0 aromatic carbocycles. The van der Waals surface area contributed by atoms with Crippen LogP contribution in [0, 0.1) is 5.92 Å². The highest BCUT2D eigenvalue weighted by atomic mass is 19.4. The Balaban J connectivity index is 6.57. The first-order valence-corrected chi connectivity index (χ1v) is 8.61. The van der Waals surface area contributed by atoms with E-state index in [1.54, 1.807) is 0 Å². The standard InChI is InChI=1S/C15H19F13O4/c1-3-31-9(32-4-2)8(30)7(5-6-29)10(16,17)11(18,19)12(20,21)13(22,23)14(24,25)15(26,27)28/h7-9,29-30H,3-6H2,1-2H3. The minimum absolute atomic E-state index is 0.457. The first-order valence-electron chi connectivity index (χ1n) is 8.61. The summed E-state index contributed by atoms with van der Waals surface area (Å²) in [7, 11) is 0. The van der Waals surface area contributed by atoms with Gasteiger partial charge in [0.2, 0.25) is 0 Å². The molecule has 0 aliphatic heterocycles. The number of hydrogen-bond acceptors (Lipinski definition) is 4. The summed E-state index contributed by atoms with van der Waals surface area (Å²) in [6, 6.07) is 0. The van der Waals surface area contributed by atoms with E-state index in [0.29, 0.717) is 0 Å². The van der Waals surface area contributed by atoms with Gasteiger partial charge in [0.15, 0.2) is 6.29 Å². The minimum Gasteiger partial charge on any atom is -0.396 e. The molecule has 17 heteroatoms. The molecule has 0 heterocycles. The van der Waals surface area contributed by atoms with Crippen molar-refractivity contribution in [3.63, 3.8) is 0 Å². The Morgan fingerprint density at radius 3 is 1.34 bits per heavy atom. The van der Waals surface area contributed by atoms with Gasteiger partial charge in [-0.15, -0.1) is 0 Å². The fourth-order valence-corrected chi connectivity index (χ4v) is 2.48. The van der Waals surface area contributed by atoms with Crippen molar-refractivity contribution < 1.29 is 76.8 Å². The molecule has 4 nitrogen and oxygen atoms in total. The molecule has 32 heavy (non-hydrogen) atoms. The van der Waals surface area contributed by atoms with Gasteiger partial charge in [0.05, 0.1) is 5.92 Å². The lowest BCUT2D eigenvalue weighted by Crippen LogP contribution is -2.71. The van der Waals surface area contributed by atoms with E-state index in [1.165, 1.54) is 13.8 Å². The van der Waals surface area contributed by atoms with Crippen LogP contribution in [0.15, 0.2) is 0 Å². The maximum absolute atomic E-state index is 14.4. The molecule has 0 saturated carbocycles. The molecule has 2 atom stereocenters. The van der Waals surface area contributed by atoms with Crippen LogP contribution >= 0.6 is 0 Å². The van der Waals surface area contributed by atoms with Crippen molar-refractivity contribution in [3.05, 3.63) is 0 Å². The highest BCUT2D eigenvalue weighted by molar-refractivity contribution is 5.12. The van der Waals surface area contributed by atoms with Crippen molar-refractivity contribution in [2.45, 2.75) is 68.5 Å². The van der Waals surface area contributed by atoms with Crippen LogP contribution in [-0.2, 0) is 9.47 Å². The van der Waals surface area contributed by atoms with Crippen LogP contribution < -0.4 is 0 Å². The molecule has 0 rings (SSSR count). The van der Waals surface area contributed by atoms with Crippen molar-refractivity contribution in [3.8, 4) is 0 Å². The molecule has 0 aliphatic carbocycles. The largest absolute Gasteiger partial charge is 0.460 e. The first-order chi connectivity index (χ1) is 14.1. The van der Waals surface area contributed by atoms with E-state index in [2.05, 4.69) is 9.47 Å². The van der Waals surface area contributed by atoms with Gasteiger partial charge in [-0.1, -0.05) is 0 Å². The number of aliphatic hydroxyl groups excluding tert-OH is 2. The van der Waals surface area contributed by atoms with Crippen LogP contribution in [-0.4, -0.2) is 78.2 Å². The van der Waals surface area contributed by atoms with Crippen LogP contribution in [0.2, 0.25) is 0 Å². The molecule has 0 radical (unpaired) electrons. The molecular weight excluding hydrogens is 491 g/mol. The third kappa shape index (κ3) is 5.04. The number of ether oxygens (including phenoxy) is 2. The van der Waals surface area contributed by atoms with Gasteiger partial charge in [0.1, 0.15) is 6.10 Å². The van der Waals surface area contributed by atoms with Gasteiger partial charge in [0, 0.05) is 19.8 Å². The molecule has 0 spiro atoms. The lowest BCUT2D eigenvalue weighted by molar-refractivity contribution is -0.445. The SMILES string of the molecule is CCOC(OCC)C(O)C(CCO)C(F)(F)C(F)(F)C(F)(F)C(F)(F)C(F)(F)C(F)(F)F. The molecule has 2 unspecified atom stereocenters. The van der Waals surface area contributed by atoms with Gasteiger partial charge in [0.25, 0.3) is 0 Å². The lowest BCUT2D eigenvalue weighted by atomic mass is 9.82. The summed E-state index contributed by atoms with van der Waals surface area (Å²) in [6.45, 7) is -0.136. The third-order valence-electron chi connectivity index (χ3n) is 4.22. The summed E-state index contributed by atoms with van der Waals surface area (Å²) in [4.78, 5) is 0. The van der Waals surface area contributed by atoms with E-state index >= 15 is 0 Å². The van der Waals surface area contributed by atoms with E-state index in [1.807, 2.05) is 0 Å². The maximum Gasteiger partial charge on any atom is 0.460 e. The Morgan fingerprint density at radius 2 is 1.03 bits per heavy atom. The van der Waals surface area contributed by atoms with Gasteiger partial charge in [-0.2, -0.15) is 57.1 Å². The molecule has 0 aromatic rings. The van der Waals surface area contributed by atoms with E-state index < -0.39 is 80.3 Å².